The van der Waals surface area contributed by atoms with E-state index in [1.807, 2.05) is 56.2 Å². The molecule has 0 bridgehead atoms. The lowest BCUT2D eigenvalue weighted by Crippen LogP contribution is -2.42. The zero-order valence-electron chi connectivity index (χ0n) is 31.9. The monoisotopic (exact) mass is 731 g/mol. The van der Waals surface area contributed by atoms with E-state index >= 15 is 0 Å². The van der Waals surface area contributed by atoms with Crippen LogP contribution in [-0.2, 0) is 9.47 Å². The number of hydrogen-bond acceptors (Lipinski definition) is 9. The molecule has 1 amide bonds. The van der Waals surface area contributed by atoms with Gasteiger partial charge in [0.2, 0.25) is 5.89 Å². The van der Waals surface area contributed by atoms with Gasteiger partial charge in [-0.15, -0.1) is 0 Å². The highest BCUT2D eigenvalue weighted by Gasteiger charge is 2.29. The van der Waals surface area contributed by atoms with E-state index < -0.39 is 5.60 Å². The third kappa shape index (κ3) is 7.26. The molecule has 2 saturated heterocycles. The predicted molar refractivity (Wildman–Crippen MR) is 209 cm³/mol. The third-order valence-corrected chi connectivity index (χ3v) is 10.1. The Morgan fingerprint density at radius 1 is 0.944 bits per heavy atom. The molecule has 6 aromatic rings. The van der Waals surface area contributed by atoms with Gasteiger partial charge in [-0.3, -0.25) is 4.68 Å². The molecule has 12 heteroatoms. The quantitative estimate of drug-likeness (QED) is 0.172. The van der Waals surface area contributed by atoms with Crippen LogP contribution >= 0.6 is 0 Å². The second kappa shape index (κ2) is 13.8. The number of anilines is 1. The number of likely N-dealkylation sites (tertiary alicyclic amines) is 1. The molecular weight excluding hydrogens is 683 g/mol. The van der Waals surface area contributed by atoms with Crippen LogP contribution in [0.5, 0.6) is 5.75 Å². The van der Waals surface area contributed by atoms with Gasteiger partial charge >= 0.3 is 6.09 Å². The standard InChI is InChI=1S/C42H49N7O5/c1-41(2,3)46-38-31(21-28(23-43-38)29-24-44-49(25-29)30-15-17-47(18-16-30)40(51)54-42(4,5)6)39-45-32-12-13-34(50)36(37(32)53-39)27-11-10-26-14-19-48(33(26)22-27)35-9-7-8-20-52-35/h10-14,19,21-25,30,35,50H,7-9,15-18,20H2,1-6H3,(H,43,46). The van der Waals surface area contributed by atoms with Crippen LogP contribution in [0.25, 0.3) is 55.7 Å². The lowest BCUT2D eigenvalue weighted by Gasteiger charge is -2.33. The fraction of sp³-hybridized carbons (Fsp3) is 0.429. The summed E-state index contributed by atoms with van der Waals surface area (Å²) >= 11 is 0. The highest BCUT2D eigenvalue weighted by atomic mass is 16.6. The van der Waals surface area contributed by atoms with E-state index in [4.69, 9.17) is 29.0 Å². The van der Waals surface area contributed by atoms with Crippen LogP contribution in [0.4, 0.5) is 10.6 Å². The van der Waals surface area contributed by atoms with E-state index in [-0.39, 0.29) is 29.7 Å². The minimum Gasteiger partial charge on any atom is -0.507 e. The Balaban J connectivity index is 1.12. The molecule has 8 rings (SSSR count). The average Bonchev–Trinajstić information content (AvgIpc) is 3.90. The van der Waals surface area contributed by atoms with E-state index in [1.54, 1.807) is 17.0 Å². The summed E-state index contributed by atoms with van der Waals surface area (Å²) in [5.74, 6) is 1.14. The van der Waals surface area contributed by atoms with Crippen molar-refractivity contribution in [3.63, 3.8) is 0 Å². The number of benzene rings is 2. The molecule has 1 unspecified atom stereocenters. The number of ether oxygens (including phenoxy) is 2. The van der Waals surface area contributed by atoms with Crippen molar-refractivity contribution in [1.82, 2.24) is 29.2 Å². The molecular formula is C42H49N7O5. The first kappa shape index (κ1) is 35.7. The van der Waals surface area contributed by atoms with Crippen molar-refractivity contribution >= 4 is 33.9 Å². The van der Waals surface area contributed by atoms with Crippen molar-refractivity contribution in [2.24, 2.45) is 0 Å². The number of rotatable bonds is 6. The van der Waals surface area contributed by atoms with Gasteiger partial charge in [-0.25, -0.2) is 14.8 Å². The van der Waals surface area contributed by atoms with Crippen molar-refractivity contribution in [2.45, 2.75) is 97.1 Å². The number of pyridine rings is 1. The summed E-state index contributed by atoms with van der Waals surface area (Å²) in [6, 6.07) is 13.9. The van der Waals surface area contributed by atoms with Crippen molar-refractivity contribution in [3.05, 3.63) is 67.3 Å². The minimum atomic E-state index is -0.524. The normalized spacial score (nSPS) is 17.4. The van der Waals surface area contributed by atoms with Gasteiger partial charge in [0.15, 0.2) is 5.58 Å². The first-order valence-corrected chi connectivity index (χ1v) is 19.0. The van der Waals surface area contributed by atoms with Gasteiger partial charge in [-0.05, 0) is 115 Å². The number of fused-ring (bicyclic) bond motifs is 2. The fourth-order valence-corrected chi connectivity index (χ4v) is 7.44. The van der Waals surface area contributed by atoms with Crippen LogP contribution in [0.3, 0.4) is 0 Å². The highest BCUT2D eigenvalue weighted by Crippen LogP contribution is 2.42. The molecule has 2 N–H and O–H groups in total. The van der Waals surface area contributed by atoms with Gasteiger partial charge in [0.1, 0.15) is 28.9 Å². The van der Waals surface area contributed by atoms with Crippen molar-refractivity contribution in [1.29, 1.82) is 0 Å². The zero-order valence-corrected chi connectivity index (χ0v) is 31.9. The largest absolute Gasteiger partial charge is 0.507 e. The van der Waals surface area contributed by atoms with Crippen LogP contribution in [0.15, 0.2) is 71.7 Å². The Kier molecular flexibility index (Phi) is 9.12. The SMILES string of the molecule is CC(C)(C)Nc1ncc(-c2cnn(C3CCN(C(=O)OC(C)(C)C)CC3)c2)cc1-c1nc2ccc(O)c(-c3ccc4ccn(C5CCCCO5)c4c3)c2o1. The molecule has 12 nitrogen and oxygen atoms in total. The van der Waals surface area contributed by atoms with E-state index in [2.05, 4.69) is 55.1 Å². The molecule has 0 radical (unpaired) electrons. The van der Waals surface area contributed by atoms with Gasteiger partial charge in [0.25, 0.3) is 0 Å². The van der Waals surface area contributed by atoms with Crippen LogP contribution in [0.1, 0.15) is 85.9 Å². The maximum atomic E-state index is 12.6. The lowest BCUT2D eigenvalue weighted by molar-refractivity contribution is -0.0291. The summed E-state index contributed by atoms with van der Waals surface area (Å²) in [5, 5.41) is 20.7. The maximum absolute atomic E-state index is 12.6. The summed E-state index contributed by atoms with van der Waals surface area (Å²) in [5.41, 5.74) is 5.23. The van der Waals surface area contributed by atoms with E-state index in [0.29, 0.717) is 47.0 Å². The van der Waals surface area contributed by atoms with E-state index in [1.165, 1.54) is 0 Å². The Morgan fingerprint density at radius 3 is 2.50 bits per heavy atom. The minimum absolute atomic E-state index is 0.00872. The lowest BCUT2D eigenvalue weighted by atomic mass is 10.0. The maximum Gasteiger partial charge on any atom is 0.410 e. The summed E-state index contributed by atoms with van der Waals surface area (Å²) < 4.78 is 22.5. The van der Waals surface area contributed by atoms with Gasteiger partial charge < -0.3 is 33.8 Å². The zero-order chi connectivity index (χ0) is 37.8. The fourth-order valence-electron chi connectivity index (χ4n) is 7.44. The molecule has 282 valence electrons. The Hall–Kier alpha value is -5.36. The molecule has 2 aliphatic heterocycles. The molecule has 54 heavy (non-hydrogen) atoms. The number of nitrogens with zero attached hydrogens (tertiary/aromatic N) is 6. The topological polar surface area (TPSA) is 133 Å². The third-order valence-electron chi connectivity index (χ3n) is 10.1. The molecule has 4 aromatic heterocycles. The first-order valence-electron chi connectivity index (χ1n) is 19.0. The number of hydrogen-bond donors (Lipinski definition) is 2. The van der Waals surface area contributed by atoms with Crippen LogP contribution in [-0.4, -0.2) is 71.3 Å². The Labute approximate surface area is 315 Å². The number of piperidine rings is 1. The molecule has 0 saturated carbocycles. The van der Waals surface area contributed by atoms with Gasteiger partial charge in [0.05, 0.1) is 28.9 Å². The molecule has 2 fully saturated rings. The number of carbonyl (C=O) groups excluding carboxylic acids is 1. The van der Waals surface area contributed by atoms with Crippen LogP contribution < -0.4 is 5.32 Å². The summed E-state index contributed by atoms with van der Waals surface area (Å²) in [6.07, 6.45) is 12.3. The number of oxazole rings is 1. The Bertz CT molecular complexity index is 2310. The van der Waals surface area contributed by atoms with Crippen LogP contribution in [0.2, 0.25) is 0 Å². The van der Waals surface area contributed by atoms with Crippen molar-refractivity contribution < 1.29 is 23.8 Å². The molecule has 6 heterocycles. The second-order valence-corrected chi connectivity index (χ2v) is 16.5. The van der Waals surface area contributed by atoms with Crippen molar-refractivity contribution in [2.75, 3.05) is 25.0 Å². The molecule has 2 aliphatic rings. The number of phenols is 1. The van der Waals surface area contributed by atoms with Crippen LogP contribution in [0, 0.1) is 0 Å². The number of nitrogens with one attached hydrogen (secondary N) is 1. The number of aromatic hydroxyl groups is 1. The predicted octanol–water partition coefficient (Wildman–Crippen LogP) is 9.56. The van der Waals surface area contributed by atoms with Gasteiger partial charge in [0, 0.05) is 55.0 Å². The number of phenolic OH excluding ortho intramolecular Hbond substituents is 1. The van der Waals surface area contributed by atoms with Crippen molar-refractivity contribution in [3.8, 4) is 39.5 Å². The number of amides is 1. The first-order chi connectivity index (χ1) is 25.8. The number of carbonyl (C=O) groups is 1. The average molecular weight is 732 g/mol. The smallest absolute Gasteiger partial charge is 0.410 e. The van der Waals surface area contributed by atoms with E-state index in [9.17, 15) is 9.90 Å². The van der Waals surface area contributed by atoms with Gasteiger partial charge in [-0.1, -0.05) is 12.1 Å². The molecule has 1 atom stereocenters. The summed E-state index contributed by atoms with van der Waals surface area (Å²) in [6.45, 7) is 13.9. The second-order valence-electron chi connectivity index (χ2n) is 16.5. The van der Waals surface area contributed by atoms with Gasteiger partial charge in [-0.2, -0.15) is 5.10 Å². The Morgan fingerprint density at radius 2 is 1.76 bits per heavy atom. The molecule has 0 spiro atoms. The van der Waals surface area contributed by atoms with E-state index in [0.717, 1.165) is 66.3 Å². The summed E-state index contributed by atoms with van der Waals surface area (Å²) in [7, 11) is 0. The summed E-state index contributed by atoms with van der Waals surface area (Å²) in [4.78, 5) is 24.2. The number of aromatic nitrogens is 5. The molecule has 2 aromatic carbocycles. The molecule has 0 aliphatic carbocycles. The highest BCUT2D eigenvalue weighted by molar-refractivity contribution is 5.98.